The van der Waals surface area contributed by atoms with Crippen LogP contribution >= 0.6 is 11.3 Å². The summed E-state index contributed by atoms with van der Waals surface area (Å²) >= 11 is 1.14. The van der Waals surface area contributed by atoms with Crippen LogP contribution in [0.25, 0.3) is 10.2 Å². The van der Waals surface area contributed by atoms with E-state index in [-0.39, 0.29) is 23.4 Å². The molecule has 0 aliphatic carbocycles. The molecule has 2 aromatic carbocycles. The monoisotopic (exact) mass is 448 g/mol. The Morgan fingerprint density at radius 2 is 1.84 bits per heavy atom. The smallest absolute Gasteiger partial charge is 0.338 e. The highest BCUT2D eigenvalue weighted by Crippen LogP contribution is 2.33. The number of hydrogen-bond acceptors (Lipinski definition) is 8. The van der Waals surface area contributed by atoms with Gasteiger partial charge in [-0.2, -0.15) is 0 Å². The van der Waals surface area contributed by atoms with Crippen molar-refractivity contribution in [3.63, 3.8) is 0 Å². The maximum Gasteiger partial charge on any atom is 0.338 e. The number of fused-ring (bicyclic) bond motifs is 1. The lowest BCUT2D eigenvalue weighted by Crippen LogP contribution is -2.32. The molecule has 0 aliphatic heterocycles. The molecule has 9 nitrogen and oxygen atoms in total. The molecule has 160 valence electrons. The van der Waals surface area contributed by atoms with Crippen LogP contribution in [0.1, 0.15) is 26.4 Å². The molecule has 4 aromatic rings. The summed E-state index contributed by atoms with van der Waals surface area (Å²) in [4.78, 5) is 46.6. The first-order valence-electron chi connectivity index (χ1n) is 9.42. The van der Waals surface area contributed by atoms with Crippen LogP contribution in [0.4, 0.5) is 10.8 Å². The number of pyridine rings is 1. The standard InChI is InChI=1S/C22H16N4O5S/c1-31-21(28)17-8-3-2-7-16(17)20(27)25(13-14-6-4-5-11-23-14)22-24-18-10-9-15(26(29)30)12-19(18)32-22/h2-12H,13H2,1H3. The molecule has 2 aromatic heterocycles. The zero-order valence-corrected chi connectivity index (χ0v) is 17.6. The van der Waals surface area contributed by atoms with Crippen molar-refractivity contribution in [3.8, 4) is 0 Å². The second-order valence-electron chi connectivity index (χ2n) is 6.66. The van der Waals surface area contributed by atoms with Crippen molar-refractivity contribution in [3.05, 3.63) is 93.8 Å². The predicted molar refractivity (Wildman–Crippen MR) is 119 cm³/mol. The highest BCUT2D eigenvalue weighted by atomic mass is 32.1. The number of nitro benzene ring substituents is 1. The Hall–Kier alpha value is -4.18. The minimum atomic E-state index is -0.633. The van der Waals surface area contributed by atoms with Gasteiger partial charge in [-0.15, -0.1) is 0 Å². The summed E-state index contributed by atoms with van der Waals surface area (Å²) in [5.74, 6) is -1.10. The number of carbonyl (C=O) groups is 2. The van der Waals surface area contributed by atoms with Crippen LogP contribution in [0.5, 0.6) is 0 Å². The van der Waals surface area contributed by atoms with Gasteiger partial charge in [0, 0.05) is 18.3 Å². The van der Waals surface area contributed by atoms with Gasteiger partial charge in [-0.25, -0.2) is 9.78 Å². The molecule has 2 heterocycles. The van der Waals surface area contributed by atoms with Crippen LogP contribution in [0.3, 0.4) is 0 Å². The van der Waals surface area contributed by atoms with Gasteiger partial charge in [-0.05, 0) is 30.3 Å². The lowest BCUT2D eigenvalue weighted by Gasteiger charge is -2.20. The van der Waals surface area contributed by atoms with Crippen LogP contribution in [-0.2, 0) is 11.3 Å². The number of non-ortho nitro benzene ring substituents is 1. The van der Waals surface area contributed by atoms with Crippen molar-refractivity contribution >= 4 is 44.2 Å². The van der Waals surface area contributed by atoms with Gasteiger partial charge < -0.3 is 4.74 Å². The number of hydrogen-bond donors (Lipinski definition) is 0. The number of nitrogens with zero attached hydrogens (tertiary/aromatic N) is 4. The maximum atomic E-state index is 13.6. The summed E-state index contributed by atoms with van der Waals surface area (Å²) in [6.07, 6.45) is 1.61. The quantitative estimate of drug-likeness (QED) is 0.246. The molecular formula is C22H16N4O5S. The van der Waals surface area contributed by atoms with Crippen molar-refractivity contribution in [2.45, 2.75) is 6.54 Å². The topological polar surface area (TPSA) is 116 Å². The molecule has 0 unspecified atom stereocenters. The summed E-state index contributed by atoms with van der Waals surface area (Å²) in [6.45, 7) is 0.0943. The summed E-state index contributed by atoms with van der Waals surface area (Å²) in [5.41, 5.74) is 1.35. The fourth-order valence-corrected chi connectivity index (χ4v) is 4.11. The number of benzene rings is 2. The summed E-state index contributed by atoms with van der Waals surface area (Å²) < 4.78 is 5.38. The number of rotatable bonds is 6. The largest absolute Gasteiger partial charge is 0.465 e. The number of methoxy groups -OCH3 is 1. The lowest BCUT2D eigenvalue weighted by atomic mass is 10.1. The Bertz CT molecular complexity index is 1320. The molecule has 0 bridgehead atoms. The van der Waals surface area contributed by atoms with Gasteiger partial charge in [0.05, 0.1) is 45.6 Å². The van der Waals surface area contributed by atoms with Gasteiger partial charge in [0.25, 0.3) is 11.6 Å². The SMILES string of the molecule is COC(=O)c1ccccc1C(=O)N(Cc1ccccn1)c1nc2ccc([N+](=O)[O-])cc2s1. The van der Waals surface area contributed by atoms with E-state index in [9.17, 15) is 19.7 Å². The number of aromatic nitrogens is 2. The molecule has 10 heteroatoms. The molecule has 0 N–H and O–H groups in total. The van der Waals surface area contributed by atoms with Crippen molar-refractivity contribution < 1.29 is 19.2 Å². The van der Waals surface area contributed by atoms with E-state index in [0.717, 1.165) is 11.3 Å². The van der Waals surface area contributed by atoms with E-state index in [1.165, 1.54) is 36.3 Å². The van der Waals surface area contributed by atoms with Crippen molar-refractivity contribution in [2.24, 2.45) is 0 Å². The second kappa shape index (κ2) is 8.90. The molecule has 0 radical (unpaired) electrons. The van der Waals surface area contributed by atoms with E-state index < -0.39 is 16.8 Å². The molecule has 0 atom stereocenters. The average molecular weight is 448 g/mol. The molecule has 0 aliphatic rings. The van der Waals surface area contributed by atoms with Crippen LogP contribution in [0, 0.1) is 10.1 Å². The number of nitro groups is 1. The molecular weight excluding hydrogens is 432 g/mol. The minimum absolute atomic E-state index is 0.0636. The van der Waals surface area contributed by atoms with Gasteiger partial charge in [-0.1, -0.05) is 29.5 Å². The van der Waals surface area contributed by atoms with Crippen LogP contribution < -0.4 is 4.90 Å². The van der Waals surface area contributed by atoms with E-state index in [2.05, 4.69) is 9.97 Å². The molecule has 32 heavy (non-hydrogen) atoms. The van der Waals surface area contributed by atoms with E-state index in [0.29, 0.717) is 21.0 Å². The Morgan fingerprint density at radius 1 is 1.09 bits per heavy atom. The van der Waals surface area contributed by atoms with Crippen LogP contribution in [0.15, 0.2) is 66.9 Å². The second-order valence-corrected chi connectivity index (χ2v) is 7.66. The van der Waals surface area contributed by atoms with Gasteiger partial charge >= 0.3 is 5.97 Å². The Kier molecular flexibility index (Phi) is 5.86. The van der Waals surface area contributed by atoms with Crippen molar-refractivity contribution in [2.75, 3.05) is 12.0 Å². The first kappa shape index (κ1) is 21.1. The number of ether oxygens (including phenoxy) is 1. The first-order valence-corrected chi connectivity index (χ1v) is 10.2. The molecule has 4 rings (SSSR count). The number of carbonyl (C=O) groups excluding carboxylic acids is 2. The molecule has 1 amide bonds. The van der Waals surface area contributed by atoms with Crippen molar-refractivity contribution in [1.29, 1.82) is 0 Å². The zero-order valence-electron chi connectivity index (χ0n) is 16.8. The predicted octanol–water partition coefficient (Wildman–Crippen LogP) is 4.23. The molecule has 0 saturated heterocycles. The number of amides is 1. The van der Waals surface area contributed by atoms with E-state index in [1.54, 1.807) is 42.6 Å². The molecule has 0 saturated carbocycles. The van der Waals surface area contributed by atoms with E-state index >= 15 is 0 Å². The first-order chi connectivity index (χ1) is 15.5. The van der Waals surface area contributed by atoms with Crippen LogP contribution in [0.2, 0.25) is 0 Å². The molecule has 0 fully saturated rings. The van der Waals surface area contributed by atoms with Gasteiger partial charge in [-0.3, -0.25) is 24.8 Å². The van der Waals surface area contributed by atoms with Crippen molar-refractivity contribution in [1.82, 2.24) is 9.97 Å². The average Bonchev–Trinajstić information content (AvgIpc) is 3.25. The number of anilines is 1. The van der Waals surface area contributed by atoms with Gasteiger partial charge in [0.15, 0.2) is 5.13 Å². The minimum Gasteiger partial charge on any atom is -0.465 e. The lowest BCUT2D eigenvalue weighted by molar-refractivity contribution is -0.384. The third kappa shape index (κ3) is 4.16. The fourth-order valence-electron chi connectivity index (χ4n) is 3.11. The third-order valence-electron chi connectivity index (χ3n) is 4.66. The fraction of sp³-hybridized carbons (Fsp3) is 0.0909. The van der Waals surface area contributed by atoms with Gasteiger partial charge in [0.1, 0.15) is 0 Å². The highest BCUT2D eigenvalue weighted by molar-refractivity contribution is 7.22. The van der Waals surface area contributed by atoms with Gasteiger partial charge in [0.2, 0.25) is 0 Å². The summed E-state index contributed by atoms with van der Waals surface area (Å²) in [6, 6.07) is 16.0. The summed E-state index contributed by atoms with van der Waals surface area (Å²) in [7, 11) is 1.25. The normalized spacial score (nSPS) is 10.7. The Morgan fingerprint density at radius 3 is 2.53 bits per heavy atom. The third-order valence-corrected chi connectivity index (χ3v) is 5.70. The van der Waals surface area contributed by atoms with E-state index in [1.807, 2.05) is 0 Å². The number of esters is 1. The summed E-state index contributed by atoms with van der Waals surface area (Å²) in [5, 5.41) is 11.5. The highest BCUT2D eigenvalue weighted by Gasteiger charge is 2.26. The number of thiazole rings is 1. The van der Waals surface area contributed by atoms with E-state index in [4.69, 9.17) is 4.74 Å². The maximum absolute atomic E-state index is 13.6. The molecule has 0 spiro atoms. The zero-order chi connectivity index (χ0) is 22.7. The Balaban J connectivity index is 1.81. The van der Waals surface area contributed by atoms with Crippen LogP contribution in [-0.4, -0.2) is 33.9 Å². The Labute approximate surface area is 186 Å².